The summed E-state index contributed by atoms with van der Waals surface area (Å²) in [6, 6.07) is 8.73. The lowest BCUT2D eigenvalue weighted by molar-refractivity contribution is -0.135. The Morgan fingerprint density at radius 1 is 1.23 bits per heavy atom. The van der Waals surface area contributed by atoms with Crippen LogP contribution in [0.5, 0.6) is 0 Å². The van der Waals surface area contributed by atoms with E-state index < -0.39 is 5.92 Å². The number of amides is 3. The van der Waals surface area contributed by atoms with Gasteiger partial charge in [-0.1, -0.05) is 42.1 Å². The second kappa shape index (κ2) is 8.97. The van der Waals surface area contributed by atoms with Crippen LogP contribution in [-0.4, -0.2) is 38.1 Å². The fraction of sp³-hybridized carbons (Fsp3) is 0.350. The molecule has 156 valence electrons. The van der Waals surface area contributed by atoms with E-state index in [0.717, 1.165) is 16.3 Å². The number of carbonyl (C=O) groups is 2. The van der Waals surface area contributed by atoms with Gasteiger partial charge in [0.05, 0.1) is 23.2 Å². The van der Waals surface area contributed by atoms with Crippen LogP contribution in [-0.2, 0) is 23.5 Å². The van der Waals surface area contributed by atoms with Crippen LogP contribution in [0.3, 0.4) is 0 Å². The maximum Gasteiger partial charge on any atom is 0.324 e. The first-order chi connectivity index (χ1) is 14.5. The van der Waals surface area contributed by atoms with Gasteiger partial charge in [-0.2, -0.15) is 0 Å². The molecule has 1 N–H and O–H groups in total. The highest BCUT2D eigenvalue weighted by Crippen LogP contribution is 2.25. The summed E-state index contributed by atoms with van der Waals surface area (Å²) in [7, 11) is 0. The lowest BCUT2D eigenvalue weighted by Crippen LogP contribution is -2.59. The molecular formula is C20H21N5O3S2. The minimum absolute atomic E-state index is 0.229. The van der Waals surface area contributed by atoms with Gasteiger partial charge >= 0.3 is 6.03 Å². The second-order valence-electron chi connectivity index (χ2n) is 7.07. The molecule has 1 saturated heterocycles. The summed E-state index contributed by atoms with van der Waals surface area (Å²) in [6.07, 6.45) is 0.273. The highest BCUT2D eigenvalue weighted by atomic mass is 32.2. The number of nitrogens with one attached hydrogen (secondary N) is 1. The first-order valence-electron chi connectivity index (χ1n) is 9.51. The van der Waals surface area contributed by atoms with Crippen molar-refractivity contribution in [2.75, 3.05) is 0 Å². The molecule has 4 rings (SSSR count). The van der Waals surface area contributed by atoms with Gasteiger partial charge in [0.15, 0.2) is 0 Å². The van der Waals surface area contributed by atoms with E-state index >= 15 is 0 Å². The summed E-state index contributed by atoms with van der Waals surface area (Å²) < 4.78 is 5.72. The Labute approximate surface area is 182 Å². The molecule has 0 saturated carbocycles. The molecule has 0 aliphatic carbocycles. The number of aromatic nitrogens is 3. The predicted molar refractivity (Wildman–Crippen MR) is 113 cm³/mol. The molecule has 3 aromatic rings. The molecule has 1 fully saturated rings. The number of thioether (sulfide) groups is 1. The molecule has 1 aliphatic heterocycles. The number of aryl methyl sites for hydroxylation is 1. The van der Waals surface area contributed by atoms with Crippen LogP contribution in [0.4, 0.5) is 4.79 Å². The molecule has 2 unspecified atom stereocenters. The van der Waals surface area contributed by atoms with Crippen LogP contribution in [0.15, 0.2) is 45.4 Å². The zero-order chi connectivity index (χ0) is 21.1. The number of rotatable bonds is 7. The van der Waals surface area contributed by atoms with Gasteiger partial charge in [-0.25, -0.2) is 9.78 Å². The predicted octanol–water partition coefficient (Wildman–Crippen LogP) is 3.43. The topological polar surface area (TPSA) is 101 Å². The van der Waals surface area contributed by atoms with Crippen LogP contribution in [0.1, 0.15) is 29.1 Å². The average molecular weight is 444 g/mol. The summed E-state index contributed by atoms with van der Waals surface area (Å²) in [4.78, 5) is 31.1. The maximum atomic E-state index is 13.0. The van der Waals surface area contributed by atoms with Crippen LogP contribution >= 0.6 is 23.1 Å². The van der Waals surface area contributed by atoms with Gasteiger partial charge in [0.1, 0.15) is 0 Å². The Morgan fingerprint density at radius 2 is 2.03 bits per heavy atom. The van der Waals surface area contributed by atoms with Crippen LogP contribution in [0.2, 0.25) is 0 Å². The van der Waals surface area contributed by atoms with Crippen molar-refractivity contribution in [2.24, 2.45) is 5.92 Å². The number of hydrogen-bond acceptors (Lipinski definition) is 8. The molecule has 3 amide bonds. The quantitative estimate of drug-likeness (QED) is 0.558. The SMILES string of the molecule is Cc1nc(CSc2nnc(CC3C(=O)N(Cc4ccccc4)C(=O)NC3C)o2)cs1. The first-order valence-corrected chi connectivity index (χ1v) is 11.4. The zero-order valence-electron chi connectivity index (χ0n) is 16.6. The summed E-state index contributed by atoms with van der Waals surface area (Å²) in [5, 5.41) is 14.5. The third-order valence-electron chi connectivity index (χ3n) is 4.82. The van der Waals surface area contributed by atoms with Crippen molar-refractivity contribution in [3.05, 3.63) is 57.9 Å². The fourth-order valence-electron chi connectivity index (χ4n) is 3.24. The molecule has 10 heteroatoms. The lowest BCUT2D eigenvalue weighted by atomic mass is 9.93. The summed E-state index contributed by atoms with van der Waals surface area (Å²) >= 11 is 3.01. The van der Waals surface area contributed by atoms with E-state index in [9.17, 15) is 9.59 Å². The molecule has 3 heterocycles. The van der Waals surface area contributed by atoms with Gasteiger partial charge in [0.25, 0.3) is 5.22 Å². The molecule has 0 bridgehead atoms. The second-order valence-corrected chi connectivity index (χ2v) is 9.06. The van der Waals surface area contributed by atoms with E-state index in [0.29, 0.717) is 16.9 Å². The van der Waals surface area contributed by atoms with E-state index in [4.69, 9.17) is 4.42 Å². The largest absolute Gasteiger partial charge is 0.416 e. The van der Waals surface area contributed by atoms with Gasteiger partial charge in [0, 0.05) is 23.6 Å². The Hall–Kier alpha value is -2.72. The summed E-state index contributed by atoms with van der Waals surface area (Å²) in [5.74, 6) is 0.324. The van der Waals surface area contributed by atoms with Crippen LogP contribution in [0, 0.1) is 12.8 Å². The summed E-state index contributed by atoms with van der Waals surface area (Å²) in [6.45, 7) is 4.01. The van der Waals surface area contributed by atoms with E-state index in [2.05, 4.69) is 20.5 Å². The standard InChI is InChI=1S/C20H21N5O3S2/c1-12-16(18(26)25(19(27)21-12)9-14-6-4-3-5-7-14)8-17-23-24-20(28-17)30-11-15-10-29-13(2)22-15/h3-7,10,12,16H,8-9,11H2,1-2H3,(H,21,27). The van der Waals surface area contributed by atoms with Gasteiger partial charge in [0.2, 0.25) is 11.8 Å². The van der Waals surface area contributed by atoms with Gasteiger partial charge < -0.3 is 9.73 Å². The van der Waals surface area contributed by atoms with E-state index in [-0.39, 0.29) is 30.9 Å². The maximum absolute atomic E-state index is 13.0. The van der Waals surface area contributed by atoms with Crippen LogP contribution in [0.25, 0.3) is 0 Å². The van der Waals surface area contributed by atoms with Gasteiger partial charge in [-0.15, -0.1) is 21.5 Å². The molecule has 1 aliphatic rings. The van der Waals surface area contributed by atoms with Crippen molar-refractivity contribution in [3.8, 4) is 0 Å². The van der Waals surface area contributed by atoms with Crippen LogP contribution < -0.4 is 5.32 Å². The molecule has 0 spiro atoms. The van der Waals surface area contributed by atoms with Crippen molar-refractivity contribution >= 4 is 35.0 Å². The Bertz CT molecular complexity index is 1040. The number of carbonyl (C=O) groups excluding carboxylic acids is 2. The Morgan fingerprint density at radius 3 is 2.77 bits per heavy atom. The highest BCUT2D eigenvalue weighted by Gasteiger charge is 2.39. The zero-order valence-corrected chi connectivity index (χ0v) is 18.2. The smallest absolute Gasteiger partial charge is 0.324 e. The lowest BCUT2D eigenvalue weighted by Gasteiger charge is -2.35. The molecule has 1 aromatic carbocycles. The third-order valence-corrected chi connectivity index (χ3v) is 6.49. The molecule has 2 atom stereocenters. The van der Waals surface area contributed by atoms with Crippen molar-refractivity contribution in [3.63, 3.8) is 0 Å². The fourth-order valence-corrected chi connectivity index (χ4v) is 4.64. The van der Waals surface area contributed by atoms with Crippen molar-refractivity contribution in [1.29, 1.82) is 0 Å². The van der Waals surface area contributed by atoms with E-state index in [1.54, 1.807) is 11.3 Å². The van der Waals surface area contributed by atoms with Crippen molar-refractivity contribution in [2.45, 2.75) is 43.8 Å². The number of benzene rings is 1. The summed E-state index contributed by atoms with van der Waals surface area (Å²) in [5.41, 5.74) is 1.86. The number of thiazole rings is 1. The number of urea groups is 1. The third kappa shape index (κ3) is 4.71. The van der Waals surface area contributed by atoms with Crippen molar-refractivity contribution < 1.29 is 14.0 Å². The molecule has 0 radical (unpaired) electrons. The number of nitrogens with zero attached hydrogens (tertiary/aromatic N) is 4. The molecule has 8 nitrogen and oxygen atoms in total. The van der Waals surface area contributed by atoms with Crippen molar-refractivity contribution in [1.82, 2.24) is 25.4 Å². The van der Waals surface area contributed by atoms with Gasteiger partial charge in [-0.05, 0) is 19.4 Å². The highest BCUT2D eigenvalue weighted by molar-refractivity contribution is 7.98. The average Bonchev–Trinajstić information content (AvgIpc) is 3.36. The number of hydrogen-bond donors (Lipinski definition) is 1. The van der Waals surface area contributed by atoms with E-state index in [1.165, 1.54) is 16.7 Å². The Kier molecular flexibility index (Phi) is 6.14. The first kappa shape index (κ1) is 20.5. The van der Waals surface area contributed by atoms with E-state index in [1.807, 2.05) is 49.6 Å². The minimum atomic E-state index is -0.467. The normalized spacial score (nSPS) is 19.2. The number of imide groups is 1. The molecule has 30 heavy (non-hydrogen) atoms. The van der Waals surface area contributed by atoms with Gasteiger partial charge in [-0.3, -0.25) is 9.69 Å². The Balaban J connectivity index is 1.41. The molecule has 2 aromatic heterocycles. The molecular weight excluding hydrogens is 422 g/mol. The minimum Gasteiger partial charge on any atom is -0.416 e. The monoisotopic (exact) mass is 443 g/mol.